The summed E-state index contributed by atoms with van der Waals surface area (Å²) in [6, 6.07) is 5.95. The third-order valence-corrected chi connectivity index (χ3v) is 5.38. The number of nitrogens with one attached hydrogen (secondary N) is 2. The molecule has 0 spiro atoms. The Labute approximate surface area is 155 Å². The number of hydrogen-bond donors (Lipinski definition) is 2. The molecule has 1 aliphatic rings. The summed E-state index contributed by atoms with van der Waals surface area (Å²) >= 11 is 13.2. The molecule has 2 aromatic rings. The van der Waals surface area contributed by atoms with Gasteiger partial charge in [-0.15, -0.1) is 0 Å². The van der Waals surface area contributed by atoms with Crippen LogP contribution in [0.4, 0.5) is 15.6 Å². The molecule has 1 aliphatic heterocycles. The average Bonchev–Trinajstić information content (AvgIpc) is 2.96. The SMILES string of the molecule is Cc1cc(N[C@@H]2CCCN(C(=O)Nc3ncc(Cl)s3)C2)ccc1Cl. The molecule has 8 heteroatoms. The zero-order valence-electron chi connectivity index (χ0n) is 13.2. The minimum atomic E-state index is -0.139. The van der Waals surface area contributed by atoms with E-state index in [9.17, 15) is 4.79 Å². The first-order valence-electron chi connectivity index (χ1n) is 7.71. The molecule has 128 valence electrons. The van der Waals surface area contributed by atoms with Gasteiger partial charge >= 0.3 is 6.03 Å². The van der Waals surface area contributed by atoms with Crippen LogP contribution in [0, 0.1) is 6.92 Å². The molecule has 0 unspecified atom stereocenters. The number of urea groups is 1. The lowest BCUT2D eigenvalue weighted by atomic mass is 10.1. The summed E-state index contributed by atoms with van der Waals surface area (Å²) in [5.74, 6) is 0. The van der Waals surface area contributed by atoms with Gasteiger partial charge < -0.3 is 10.2 Å². The highest BCUT2D eigenvalue weighted by molar-refractivity contribution is 7.19. The predicted molar refractivity (Wildman–Crippen MR) is 101 cm³/mol. The summed E-state index contributed by atoms with van der Waals surface area (Å²) in [4.78, 5) is 18.2. The number of aromatic nitrogens is 1. The Bertz CT molecular complexity index is 737. The Morgan fingerprint density at radius 1 is 1.42 bits per heavy atom. The van der Waals surface area contributed by atoms with Crippen molar-refractivity contribution in [2.75, 3.05) is 23.7 Å². The summed E-state index contributed by atoms with van der Waals surface area (Å²) in [7, 11) is 0. The quantitative estimate of drug-likeness (QED) is 0.793. The van der Waals surface area contributed by atoms with E-state index in [1.165, 1.54) is 17.5 Å². The zero-order valence-corrected chi connectivity index (χ0v) is 15.5. The van der Waals surface area contributed by atoms with Crippen molar-refractivity contribution in [1.29, 1.82) is 0 Å². The number of rotatable bonds is 3. The number of benzene rings is 1. The van der Waals surface area contributed by atoms with E-state index in [2.05, 4.69) is 15.6 Å². The van der Waals surface area contributed by atoms with Crippen molar-refractivity contribution in [2.45, 2.75) is 25.8 Å². The van der Waals surface area contributed by atoms with E-state index in [0.717, 1.165) is 35.7 Å². The predicted octanol–water partition coefficient (Wildman–Crippen LogP) is 4.87. The normalized spacial score (nSPS) is 17.6. The minimum absolute atomic E-state index is 0.139. The number of hydrogen-bond acceptors (Lipinski definition) is 4. The molecular weight excluding hydrogens is 367 g/mol. The van der Waals surface area contributed by atoms with Crippen molar-refractivity contribution in [3.05, 3.63) is 39.3 Å². The van der Waals surface area contributed by atoms with Gasteiger partial charge in [0.05, 0.1) is 6.20 Å². The number of thiazole rings is 1. The minimum Gasteiger partial charge on any atom is -0.381 e. The van der Waals surface area contributed by atoms with E-state index in [1.54, 1.807) is 4.90 Å². The maximum Gasteiger partial charge on any atom is 0.323 e. The maximum atomic E-state index is 12.4. The molecular formula is C16H18Cl2N4OS. The molecule has 0 saturated carbocycles. The molecule has 2 heterocycles. The number of aryl methyl sites for hydroxylation is 1. The number of piperidine rings is 1. The molecule has 0 bridgehead atoms. The van der Waals surface area contributed by atoms with Crippen molar-refractivity contribution < 1.29 is 4.79 Å². The number of amides is 2. The van der Waals surface area contributed by atoms with Crippen LogP contribution in [0.3, 0.4) is 0 Å². The number of carbonyl (C=O) groups is 1. The van der Waals surface area contributed by atoms with Gasteiger partial charge in [0.25, 0.3) is 0 Å². The highest BCUT2D eigenvalue weighted by atomic mass is 35.5. The molecule has 1 atom stereocenters. The van der Waals surface area contributed by atoms with E-state index in [0.29, 0.717) is 16.0 Å². The largest absolute Gasteiger partial charge is 0.381 e. The molecule has 2 N–H and O–H groups in total. The summed E-state index contributed by atoms with van der Waals surface area (Å²) in [6.07, 6.45) is 3.51. The Morgan fingerprint density at radius 2 is 2.25 bits per heavy atom. The fourth-order valence-electron chi connectivity index (χ4n) is 2.73. The number of anilines is 2. The van der Waals surface area contributed by atoms with Gasteiger partial charge in [-0.3, -0.25) is 5.32 Å². The number of nitrogens with zero attached hydrogens (tertiary/aromatic N) is 2. The van der Waals surface area contributed by atoms with E-state index in [4.69, 9.17) is 23.2 Å². The number of likely N-dealkylation sites (tertiary alicyclic amines) is 1. The lowest BCUT2D eigenvalue weighted by Crippen LogP contribution is -2.46. The van der Waals surface area contributed by atoms with Gasteiger partial charge in [0.1, 0.15) is 4.34 Å². The van der Waals surface area contributed by atoms with Crippen LogP contribution in [0.5, 0.6) is 0 Å². The molecule has 5 nitrogen and oxygen atoms in total. The standard InChI is InChI=1S/C16H18Cl2N4OS/c1-10-7-11(4-5-13(10)17)20-12-3-2-6-22(9-12)16(23)21-15-19-8-14(18)24-15/h4-5,7-8,12,20H,2-3,6,9H2,1H3,(H,19,21,23)/t12-/m1/s1. The summed E-state index contributed by atoms with van der Waals surface area (Å²) in [5, 5.41) is 7.56. The van der Waals surface area contributed by atoms with Crippen LogP contribution in [0.2, 0.25) is 9.36 Å². The number of halogens is 2. The van der Waals surface area contributed by atoms with Gasteiger partial charge in [0, 0.05) is 29.8 Å². The van der Waals surface area contributed by atoms with E-state index in [1.807, 2.05) is 25.1 Å². The van der Waals surface area contributed by atoms with Gasteiger partial charge in [0.2, 0.25) is 0 Å². The lowest BCUT2D eigenvalue weighted by molar-refractivity contribution is 0.196. The molecule has 1 aromatic carbocycles. The Hall–Kier alpha value is -1.50. The maximum absolute atomic E-state index is 12.4. The third-order valence-electron chi connectivity index (χ3n) is 3.93. The Kier molecular flexibility index (Phi) is 5.48. The second-order valence-corrected chi connectivity index (χ2v) is 7.86. The molecule has 1 fully saturated rings. The smallest absolute Gasteiger partial charge is 0.323 e. The van der Waals surface area contributed by atoms with Crippen molar-refractivity contribution in [3.63, 3.8) is 0 Å². The van der Waals surface area contributed by atoms with Crippen molar-refractivity contribution in [2.24, 2.45) is 0 Å². The third kappa shape index (κ3) is 4.32. The molecule has 3 rings (SSSR count). The Morgan fingerprint density at radius 3 is 2.96 bits per heavy atom. The molecule has 0 aliphatic carbocycles. The van der Waals surface area contributed by atoms with Crippen LogP contribution in [0.25, 0.3) is 0 Å². The van der Waals surface area contributed by atoms with Crippen molar-refractivity contribution in [3.8, 4) is 0 Å². The van der Waals surface area contributed by atoms with Crippen LogP contribution in [-0.2, 0) is 0 Å². The van der Waals surface area contributed by atoms with Crippen LogP contribution < -0.4 is 10.6 Å². The van der Waals surface area contributed by atoms with Crippen molar-refractivity contribution >= 4 is 51.4 Å². The summed E-state index contributed by atoms with van der Waals surface area (Å²) in [6.45, 7) is 3.36. The molecule has 1 saturated heterocycles. The fourth-order valence-corrected chi connectivity index (χ4v) is 3.65. The average molecular weight is 385 g/mol. The fraction of sp³-hybridized carbons (Fsp3) is 0.375. The molecule has 0 radical (unpaired) electrons. The van der Waals surface area contributed by atoms with Crippen LogP contribution in [0.15, 0.2) is 24.4 Å². The van der Waals surface area contributed by atoms with Crippen LogP contribution in [0.1, 0.15) is 18.4 Å². The second-order valence-electron chi connectivity index (χ2n) is 5.79. The topological polar surface area (TPSA) is 57.3 Å². The first-order chi connectivity index (χ1) is 11.5. The summed E-state index contributed by atoms with van der Waals surface area (Å²) in [5.41, 5.74) is 2.06. The monoisotopic (exact) mass is 384 g/mol. The van der Waals surface area contributed by atoms with Gasteiger partial charge in [-0.05, 0) is 43.5 Å². The second kappa shape index (κ2) is 7.59. The van der Waals surface area contributed by atoms with E-state index in [-0.39, 0.29) is 12.1 Å². The first kappa shape index (κ1) is 17.3. The van der Waals surface area contributed by atoms with Gasteiger partial charge in [-0.2, -0.15) is 0 Å². The Balaban J connectivity index is 1.59. The first-order valence-corrected chi connectivity index (χ1v) is 9.28. The molecule has 2 amide bonds. The van der Waals surface area contributed by atoms with E-state index >= 15 is 0 Å². The molecule has 1 aromatic heterocycles. The lowest BCUT2D eigenvalue weighted by Gasteiger charge is -2.33. The molecule has 24 heavy (non-hydrogen) atoms. The summed E-state index contributed by atoms with van der Waals surface area (Å²) < 4.78 is 0.557. The van der Waals surface area contributed by atoms with Gasteiger partial charge in [-0.25, -0.2) is 9.78 Å². The van der Waals surface area contributed by atoms with Crippen molar-refractivity contribution in [1.82, 2.24) is 9.88 Å². The van der Waals surface area contributed by atoms with Gasteiger partial charge in [0.15, 0.2) is 5.13 Å². The van der Waals surface area contributed by atoms with Crippen LogP contribution >= 0.6 is 34.5 Å². The highest BCUT2D eigenvalue weighted by Gasteiger charge is 2.24. The highest BCUT2D eigenvalue weighted by Crippen LogP contribution is 2.24. The van der Waals surface area contributed by atoms with E-state index < -0.39 is 0 Å². The zero-order chi connectivity index (χ0) is 17.1. The van der Waals surface area contributed by atoms with Crippen LogP contribution in [-0.4, -0.2) is 35.0 Å². The van der Waals surface area contributed by atoms with Gasteiger partial charge in [-0.1, -0.05) is 34.5 Å². The number of carbonyl (C=O) groups excluding carboxylic acids is 1.